The summed E-state index contributed by atoms with van der Waals surface area (Å²) in [7, 11) is 1.36. The van der Waals surface area contributed by atoms with E-state index in [0.29, 0.717) is 12.5 Å². The van der Waals surface area contributed by atoms with Gasteiger partial charge in [0.25, 0.3) is 0 Å². The van der Waals surface area contributed by atoms with Gasteiger partial charge in [0.05, 0.1) is 12.3 Å². The van der Waals surface area contributed by atoms with Gasteiger partial charge in [0.2, 0.25) is 0 Å². The van der Waals surface area contributed by atoms with E-state index in [1.165, 1.54) is 6.26 Å². The molecule has 0 aliphatic carbocycles. The molecule has 7 nitrogen and oxygen atoms in total. The van der Waals surface area contributed by atoms with Crippen LogP contribution < -0.4 is 10.6 Å². The van der Waals surface area contributed by atoms with Crippen LogP contribution in [-0.4, -0.2) is 95.1 Å². The molecule has 0 saturated carbocycles. The smallest absolute Gasteiger partial charge is 0.191 e. The first-order valence-corrected chi connectivity index (χ1v) is 10.4. The van der Waals surface area contributed by atoms with Gasteiger partial charge < -0.3 is 15.5 Å². The molecule has 24 heavy (non-hydrogen) atoms. The quantitative estimate of drug-likeness (QED) is 0.312. The van der Waals surface area contributed by atoms with E-state index in [4.69, 9.17) is 0 Å². The number of aliphatic imine (C=N–C) groups is 1. The molecule has 2 atom stereocenters. The number of piperazine rings is 1. The molecule has 1 aliphatic heterocycles. The Kier molecular flexibility index (Phi) is 11.4. The van der Waals surface area contributed by atoms with Crippen LogP contribution in [0.5, 0.6) is 0 Å². The third-order valence-electron chi connectivity index (χ3n) is 4.09. The second kappa shape index (κ2) is 11.5. The van der Waals surface area contributed by atoms with Crippen LogP contribution in [0.25, 0.3) is 0 Å². The Labute approximate surface area is 164 Å². The van der Waals surface area contributed by atoms with Crippen molar-refractivity contribution in [2.24, 2.45) is 4.99 Å². The minimum absolute atomic E-state index is 0. The van der Waals surface area contributed by atoms with E-state index in [-0.39, 0.29) is 35.8 Å². The van der Waals surface area contributed by atoms with E-state index in [1.54, 1.807) is 0 Å². The zero-order valence-corrected chi connectivity index (χ0v) is 18.7. The second-order valence-electron chi connectivity index (χ2n) is 6.58. The topological polar surface area (TPSA) is 77.0 Å². The second-order valence-corrected chi connectivity index (χ2v) is 8.84. The van der Waals surface area contributed by atoms with Crippen LogP contribution in [0.4, 0.5) is 0 Å². The summed E-state index contributed by atoms with van der Waals surface area (Å²) in [6.07, 6.45) is 1.85. The summed E-state index contributed by atoms with van der Waals surface area (Å²) in [5.74, 6) is 0.951. The Balaban J connectivity index is 0.00000529. The number of guanidine groups is 1. The first-order valence-electron chi connectivity index (χ1n) is 8.32. The lowest BCUT2D eigenvalue weighted by atomic mass is 10.2. The van der Waals surface area contributed by atoms with Crippen LogP contribution in [0, 0.1) is 0 Å². The molecule has 1 rings (SSSR count). The molecule has 1 fully saturated rings. The number of rotatable bonds is 7. The normalized spacial score (nSPS) is 21.9. The summed E-state index contributed by atoms with van der Waals surface area (Å²) >= 11 is 0. The largest absolute Gasteiger partial charge is 0.357 e. The van der Waals surface area contributed by atoms with Gasteiger partial charge in [-0.15, -0.1) is 24.0 Å². The number of likely N-dealkylation sites (N-methyl/N-ethyl adjacent to an activating group) is 2. The molecule has 0 spiro atoms. The Bertz CT molecular complexity index is 486. The van der Waals surface area contributed by atoms with Crippen molar-refractivity contribution in [3.63, 3.8) is 0 Å². The molecule has 2 unspecified atom stereocenters. The average Bonchev–Trinajstić information content (AvgIpc) is 2.45. The summed E-state index contributed by atoms with van der Waals surface area (Å²) in [6, 6.07) is 0.477. The zero-order chi connectivity index (χ0) is 17.5. The number of hydrogen-bond acceptors (Lipinski definition) is 5. The van der Waals surface area contributed by atoms with Crippen molar-refractivity contribution in [3.8, 4) is 0 Å². The lowest BCUT2D eigenvalue weighted by molar-refractivity contribution is 0.119. The van der Waals surface area contributed by atoms with Crippen LogP contribution in [0.2, 0.25) is 0 Å². The van der Waals surface area contributed by atoms with Crippen LogP contribution in [0.15, 0.2) is 4.99 Å². The molecular formula is C15H34IN5O2S. The number of nitrogens with zero attached hydrogens (tertiary/aromatic N) is 3. The van der Waals surface area contributed by atoms with E-state index in [2.05, 4.69) is 39.5 Å². The highest BCUT2D eigenvalue weighted by Gasteiger charge is 2.21. The highest BCUT2D eigenvalue weighted by atomic mass is 127. The number of sulfone groups is 1. The maximum atomic E-state index is 11.3. The molecular weight excluding hydrogens is 441 g/mol. The van der Waals surface area contributed by atoms with Crippen LogP contribution >= 0.6 is 24.0 Å². The van der Waals surface area contributed by atoms with Crippen LogP contribution in [0.3, 0.4) is 0 Å². The van der Waals surface area contributed by atoms with Gasteiger partial charge in [-0.3, -0.25) is 9.89 Å². The van der Waals surface area contributed by atoms with Gasteiger partial charge in [-0.25, -0.2) is 8.42 Å². The van der Waals surface area contributed by atoms with Crippen LogP contribution in [-0.2, 0) is 9.84 Å². The van der Waals surface area contributed by atoms with Crippen molar-refractivity contribution in [2.45, 2.75) is 32.4 Å². The molecule has 144 valence electrons. The van der Waals surface area contributed by atoms with Crippen molar-refractivity contribution >= 4 is 39.8 Å². The van der Waals surface area contributed by atoms with E-state index in [9.17, 15) is 8.42 Å². The van der Waals surface area contributed by atoms with Crippen molar-refractivity contribution in [2.75, 3.05) is 58.8 Å². The summed E-state index contributed by atoms with van der Waals surface area (Å²) in [5.41, 5.74) is 0. The maximum absolute atomic E-state index is 11.3. The van der Waals surface area contributed by atoms with E-state index < -0.39 is 9.84 Å². The highest BCUT2D eigenvalue weighted by Crippen LogP contribution is 2.06. The van der Waals surface area contributed by atoms with E-state index in [0.717, 1.165) is 38.7 Å². The molecule has 1 saturated heterocycles. The number of nitrogens with one attached hydrogen (secondary N) is 2. The van der Waals surface area contributed by atoms with E-state index in [1.807, 2.05) is 13.8 Å². The highest BCUT2D eigenvalue weighted by molar-refractivity contribution is 14.0. The lowest BCUT2D eigenvalue weighted by Crippen LogP contribution is -2.52. The van der Waals surface area contributed by atoms with Gasteiger partial charge >= 0.3 is 0 Å². The third-order valence-corrected chi connectivity index (χ3v) is 5.07. The first kappa shape index (κ1) is 23.9. The summed E-state index contributed by atoms with van der Waals surface area (Å²) in [5, 5.41) is 6.53. The van der Waals surface area contributed by atoms with Gasteiger partial charge in [0.1, 0.15) is 9.84 Å². The van der Waals surface area contributed by atoms with Gasteiger partial charge in [-0.1, -0.05) is 0 Å². The molecule has 0 radical (unpaired) electrons. The van der Waals surface area contributed by atoms with Crippen molar-refractivity contribution in [1.82, 2.24) is 20.4 Å². The van der Waals surface area contributed by atoms with Crippen molar-refractivity contribution in [3.05, 3.63) is 0 Å². The lowest BCUT2D eigenvalue weighted by Gasteiger charge is -2.37. The van der Waals surface area contributed by atoms with Crippen molar-refractivity contribution < 1.29 is 8.42 Å². The van der Waals surface area contributed by atoms with Crippen LogP contribution in [0.1, 0.15) is 20.3 Å². The zero-order valence-electron chi connectivity index (χ0n) is 15.6. The Morgan fingerprint density at radius 1 is 1.33 bits per heavy atom. The molecule has 0 aromatic carbocycles. The summed E-state index contributed by atoms with van der Waals surface area (Å²) in [6.45, 7) is 8.70. The first-order chi connectivity index (χ1) is 10.7. The summed E-state index contributed by atoms with van der Waals surface area (Å²) < 4.78 is 22.5. The Morgan fingerprint density at radius 2 is 2.00 bits per heavy atom. The van der Waals surface area contributed by atoms with Gasteiger partial charge in [-0.2, -0.15) is 0 Å². The predicted octanol–water partition coefficient (Wildman–Crippen LogP) is 0.229. The third kappa shape index (κ3) is 10.00. The van der Waals surface area contributed by atoms with Crippen molar-refractivity contribution in [1.29, 1.82) is 0 Å². The summed E-state index contributed by atoms with van der Waals surface area (Å²) in [4.78, 5) is 9.36. The van der Waals surface area contributed by atoms with Gasteiger partial charge in [-0.05, 0) is 34.4 Å². The predicted molar refractivity (Wildman–Crippen MR) is 112 cm³/mol. The fourth-order valence-corrected chi connectivity index (χ4v) is 3.29. The minimum Gasteiger partial charge on any atom is -0.357 e. The fraction of sp³-hybridized carbons (Fsp3) is 0.933. The van der Waals surface area contributed by atoms with E-state index >= 15 is 0 Å². The van der Waals surface area contributed by atoms with Gasteiger partial charge in [0.15, 0.2) is 5.96 Å². The molecule has 1 aliphatic rings. The maximum Gasteiger partial charge on any atom is 0.191 e. The standard InChI is InChI=1S/C15H33N5O2S.HI/c1-6-16-15(18-13(2)7-10-23(5,21)22)17-11-14-12-19(3)8-9-20(14)4;/h13-14H,6-12H2,1-5H3,(H2,16,17,18);1H. The Hall–Kier alpha value is -0.130. The number of hydrogen-bond donors (Lipinski definition) is 2. The SMILES string of the molecule is CCNC(=NCC1CN(C)CCN1C)NC(C)CCS(C)(=O)=O.I. The molecule has 0 amide bonds. The molecule has 9 heteroatoms. The number of halogens is 1. The molecule has 2 N–H and O–H groups in total. The minimum atomic E-state index is -2.92. The monoisotopic (exact) mass is 475 g/mol. The molecule has 0 aromatic heterocycles. The average molecular weight is 475 g/mol. The molecule has 1 heterocycles. The Morgan fingerprint density at radius 3 is 2.58 bits per heavy atom. The van der Waals surface area contributed by atoms with Gasteiger partial charge in [0, 0.05) is 44.5 Å². The fourth-order valence-electron chi connectivity index (χ4n) is 2.51. The molecule has 0 aromatic rings. The molecule has 0 bridgehead atoms.